The van der Waals surface area contributed by atoms with Crippen molar-refractivity contribution in [3.63, 3.8) is 0 Å². The largest absolute Gasteiger partial charge is 0.373 e. The second-order valence-corrected chi connectivity index (χ2v) is 10.3. The van der Waals surface area contributed by atoms with Gasteiger partial charge < -0.3 is 20.9 Å². The van der Waals surface area contributed by atoms with Crippen LogP contribution in [0.25, 0.3) is 27.8 Å². The van der Waals surface area contributed by atoms with Crippen molar-refractivity contribution in [1.29, 1.82) is 0 Å². The molecule has 2 bridgehead atoms. The Labute approximate surface area is 208 Å². The van der Waals surface area contributed by atoms with Crippen molar-refractivity contribution in [3.05, 3.63) is 36.8 Å². The molecule has 10 heteroatoms. The van der Waals surface area contributed by atoms with Gasteiger partial charge in [0.1, 0.15) is 11.6 Å². The zero-order valence-electron chi connectivity index (χ0n) is 20.2. The fourth-order valence-electron chi connectivity index (χ4n) is 5.64. The van der Waals surface area contributed by atoms with E-state index < -0.39 is 0 Å². The highest BCUT2D eigenvalue weighted by Crippen LogP contribution is 2.34. The van der Waals surface area contributed by atoms with E-state index in [0.717, 1.165) is 66.8 Å². The topological polar surface area (TPSA) is 112 Å². The second kappa shape index (κ2) is 8.41. The molecule has 3 fully saturated rings. The molecular weight excluding hydrogens is 454 g/mol. The van der Waals surface area contributed by atoms with E-state index in [1.807, 2.05) is 23.7 Å². The van der Waals surface area contributed by atoms with E-state index >= 15 is 0 Å². The van der Waals surface area contributed by atoms with E-state index in [0.29, 0.717) is 23.5 Å². The molecule has 36 heavy (non-hydrogen) atoms. The first-order valence-corrected chi connectivity index (χ1v) is 12.7. The van der Waals surface area contributed by atoms with Gasteiger partial charge in [0.25, 0.3) is 0 Å². The molecule has 6 heterocycles. The predicted molar refractivity (Wildman–Crippen MR) is 139 cm³/mol. The van der Waals surface area contributed by atoms with Crippen LogP contribution < -0.4 is 20.9 Å². The molecule has 1 aliphatic carbocycles. The summed E-state index contributed by atoms with van der Waals surface area (Å²) in [5.74, 6) is 3.39. The first kappa shape index (κ1) is 21.5. The van der Waals surface area contributed by atoms with Crippen LogP contribution in [0.4, 0.5) is 17.3 Å². The van der Waals surface area contributed by atoms with E-state index in [4.69, 9.17) is 10.1 Å². The molecule has 2 aliphatic heterocycles. The molecule has 0 spiro atoms. The molecule has 2 saturated heterocycles. The van der Waals surface area contributed by atoms with Crippen molar-refractivity contribution in [2.45, 2.75) is 19.3 Å². The van der Waals surface area contributed by atoms with Crippen LogP contribution in [0.2, 0.25) is 0 Å². The number of nitrogens with zero attached hydrogens (tertiary/aromatic N) is 6. The molecular formula is C26H29N9O. The Hall–Kier alpha value is -3.79. The van der Waals surface area contributed by atoms with Crippen LogP contribution in [0.5, 0.6) is 0 Å². The van der Waals surface area contributed by atoms with Crippen molar-refractivity contribution in [2.75, 3.05) is 48.8 Å². The van der Waals surface area contributed by atoms with Crippen LogP contribution in [-0.4, -0.2) is 63.7 Å². The second-order valence-electron chi connectivity index (χ2n) is 10.3. The Balaban J connectivity index is 1.26. The lowest BCUT2D eigenvalue weighted by Crippen LogP contribution is -2.51. The van der Waals surface area contributed by atoms with Gasteiger partial charge >= 0.3 is 0 Å². The number of rotatable bonds is 5. The summed E-state index contributed by atoms with van der Waals surface area (Å²) in [7, 11) is 1.83. The van der Waals surface area contributed by atoms with Gasteiger partial charge in [0.2, 0.25) is 5.91 Å². The summed E-state index contributed by atoms with van der Waals surface area (Å²) in [6.45, 7) is 4.34. The van der Waals surface area contributed by atoms with Gasteiger partial charge in [-0.25, -0.2) is 19.5 Å². The molecule has 3 aliphatic rings. The van der Waals surface area contributed by atoms with Crippen LogP contribution in [0.1, 0.15) is 19.3 Å². The maximum atomic E-state index is 12.3. The molecule has 2 unspecified atom stereocenters. The first-order chi connectivity index (χ1) is 17.6. The maximum Gasteiger partial charge on any atom is 0.228 e. The molecule has 3 N–H and O–H groups in total. The summed E-state index contributed by atoms with van der Waals surface area (Å²) in [5.41, 5.74) is 2.77. The fourth-order valence-corrected chi connectivity index (χ4v) is 5.64. The number of hydrogen-bond donors (Lipinski definition) is 3. The minimum atomic E-state index is 0.0299. The van der Waals surface area contributed by atoms with Gasteiger partial charge in [0.05, 0.1) is 11.9 Å². The SMILES string of the molecule is CNc1ncc(-c2nc3ccc(N4CC5CNCC(C5)C4)cn3n2)c2cc(NC(=O)C3CC3)ncc12. The third-order valence-electron chi connectivity index (χ3n) is 7.62. The van der Waals surface area contributed by atoms with E-state index in [9.17, 15) is 4.79 Å². The molecule has 10 nitrogen and oxygen atoms in total. The minimum Gasteiger partial charge on any atom is -0.373 e. The van der Waals surface area contributed by atoms with Crippen LogP contribution >= 0.6 is 0 Å². The van der Waals surface area contributed by atoms with Gasteiger partial charge in [-0.3, -0.25) is 4.79 Å². The van der Waals surface area contributed by atoms with Crippen LogP contribution in [0.15, 0.2) is 36.8 Å². The maximum absolute atomic E-state index is 12.3. The molecule has 184 valence electrons. The molecule has 4 aromatic heterocycles. The number of fused-ring (bicyclic) bond motifs is 4. The Bertz CT molecular complexity index is 1470. The van der Waals surface area contributed by atoms with Crippen molar-refractivity contribution in [2.24, 2.45) is 17.8 Å². The smallest absolute Gasteiger partial charge is 0.228 e. The number of piperidine rings is 2. The van der Waals surface area contributed by atoms with E-state index in [2.05, 4.69) is 43.1 Å². The van der Waals surface area contributed by atoms with Gasteiger partial charge in [-0.1, -0.05) is 0 Å². The van der Waals surface area contributed by atoms with Crippen molar-refractivity contribution >= 4 is 39.6 Å². The van der Waals surface area contributed by atoms with Crippen LogP contribution in [-0.2, 0) is 4.79 Å². The highest BCUT2D eigenvalue weighted by Gasteiger charge is 2.31. The number of amides is 1. The summed E-state index contributed by atoms with van der Waals surface area (Å²) < 4.78 is 1.86. The van der Waals surface area contributed by atoms with Crippen molar-refractivity contribution < 1.29 is 4.79 Å². The monoisotopic (exact) mass is 483 g/mol. The standard InChI is InChI=1S/C26H29N9O/c1-27-24-20-10-29-22(31-26(36)17-2-3-17)7-19(20)21(11-30-24)25-32-23-5-4-18(14-35(23)33-25)34-12-15-6-16(13-34)9-28-8-15/h4-5,7,10-11,14-17,28H,2-3,6,8-9,12-13H2,1H3,(H,27,30)(H,29,31,36). The number of hydrogen-bond acceptors (Lipinski definition) is 8. The molecule has 1 amide bonds. The van der Waals surface area contributed by atoms with Gasteiger partial charge in [-0.05, 0) is 62.4 Å². The van der Waals surface area contributed by atoms with Gasteiger partial charge in [0.15, 0.2) is 11.5 Å². The van der Waals surface area contributed by atoms with Gasteiger partial charge in [-0.15, -0.1) is 5.10 Å². The average molecular weight is 484 g/mol. The van der Waals surface area contributed by atoms with Gasteiger partial charge in [-0.2, -0.15) is 0 Å². The van der Waals surface area contributed by atoms with Crippen LogP contribution in [0, 0.1) is 17.8 Å². The third-order valence-corrected chi connectivity index (χ3v) is 7.62. The van der Waals surface area contributed by atoms with Crippen LogP contribution in [0.3, 0.4) is 0 Å². The van der Waals surface area contributed by atoms with E-state index in [1.54, 1.807) is 12.4 Å². The molecule has 0 radical (unpaired) electrons. The third kappa shape index (κ3) is 3.81. The molecule has 7 rings (SSSR count). The number of pyridine rings is 3. The van der Waals surface area contributed by atoms with Crippen molar-refractivity contribution in [1.82, 2.24) is 29.9 Å². The Kier molecular flexibility index (Phi) is 5.02. The summed E-state index contributed by atoms with van der Waals surface area (Å²) in [4.78, 5) is 28.7. The summed E-state index contributed by atoms with van der Waals surface area (Å²) >= 11 is 0. The molecule has 2 atom stereocenters. The first-order valence-electron chi connectivity index (χ1n) is 12.7. The Morgan fingerprint density at radius 1 is 1.08 bits per heavy atom. The summed E-state index contributed by atoms with van der Waals surface area (Å²) in [6.07, 6.45) is 8.83. The number of nitrogens with one attached hydrogen (secondary N) is 3. The highest BCUT2D eigenvalue weighted by molar-refractivity contribution is 6.03. The lowest BCUT2D eigenvalue weighted by molar-refractivity contribution is -0.117. The lowest BCUT2D eigenvalue weighted by atomic mass is 9.86. The quantitative estimate of drug-likeness (QED) is 0.397. The highest BCUT2D eigenvalue weighted by atomic mass is 16.2. The number of carbonyl (C=O) groups excluding carboxylic acids is 1. The summed E-state index contributed by atoms with van der Waals surface area (Å²) in [6, 6.07) is 6.08. The molecule has 1 saturated carbocycles. The number of anilines is 3. The minimum absolute atomic E-state index is 0.0299. The molecule has 4 aromatic rings. The fraction of sp³-hybridized carbons (Fsp3) is 0.423. The normalized spacial score (nSPS) is 21.6. The van der Waals surface area contributed by atoms with E-state index in [-0.39, 0.29) is 11.8 Å². The Morgan fingerprint density at radius 3 is 2.69 bits per heavy atom. The van der Waals surface area contributed by atoms with Gasteiger partial charge in [0, 0.05) is 54.8 Å². The molecule has 0 aromatic carbocycles. The predicted octanol–water partition coefficient (Wildman–Crippen LogP) is 2.78. The number of carbonyl (C=O) groups is 1. The lowest BCUT2D eigenvalue weighted by Gasteiger charge is -2.42. The average Bonchev–Trinajstić information content (AvgIpc) is 3.66. The zero-order chi connectivity index (χ0) is 24.2. The zero-order valence-corrected chi connectivity index (χ0v) is 20.2. The summed E-state index contributed by atoms with van der Waals surface area (Å²) in [5, 5.41) is 16.2. The van der Waals surface area contributed by atoms with Crippen molar-refractivity contribution in [3.8, 4) is 11.4 Å². The Morgan fingerprint density at radius 2 is 1.92 bits per heavy atom. The van der Waals surface area contributed by atoms with E-state index in [1.165, 1.54) is 12.1 Å². The number of aromatic nitrogens is 5.